The number of aliphatic hydroxyl groups is 1. The van der Waals surface area contributed by atoms with E-state index in [-0.39, 0.29) is 77.1 Å². The smallest absolute Gasteiger partial charge is 0.326 e. The minimum Gasteiger partial charge on any atom is -0.480 e. The number of aliphatic hydroxyl groups excluding tert-OH is 1. The summed E-state index contributed by atoms with van der Waals surface area (Å²) in [4.78, 5) is 132. The Labute approximate surface area is 466 Å². The molecule has 3 aromatic carbocycles. The van der Waals surface area contributed by atoms with Gasteiger partial charge < -0.3 is 78.3 Å². The molecule has 6 aromatic rings. The summed E-state index contributed by atoms with van der Waals surface area (Å²) >= 11 is 0. The maximum atomic E-state index is 15.4. The maximum Gasteiger partial charge on any atom is 0.326 e. The second-order valence-corrected chi connectivity index (χ2v) is 21.1. The Hall–Kier alpha value is -8.77. The zero-order valence-electron chi connectivity index (χ0n) is 44.8. The fourth-order valence-electron chi connectivity index (χ4n) is 11.6. The lowest BCUT2D eigenvalue weighted by Gasteiger charge is -2.33. The Morgan fingerprint density at radius 1 is 0.568 bits per heavy atom. The van der Waals surface area contributed by atoms with Gasteiger partial charge in [-0.3, -0.25) is 38.6 Å². The molecular formula is C57H70N14O10. The molecule has 6 heterocycles. The van der Waals surface area contributed by atoms with Gasteiger partial charge >= 0.3 is 5.97 Å². The normalized spacial score (nSPS) is 19.0. The van der Waals surface area contributed by atoms with Gasteiger partial charge in [-0.05, 0) is 86.3 Å². The van der Waals surface area contributed by atoms with Crippen molar-refractivity contribution in [2.24, 2.45) is 22.2 Å². The predicted molar refractivity (Wildman–Crippen MR) is 301 cm³/mol. The lowest BCUT2D eigenvalue weighted by atomic mass is 10.0. The largest absolute Gasteiger partial charge is 0.480 e. The molecule has 0 radical (unpaired) electrons. The third kappa shape index (κ3) is 13.0. The van der Waals surface area contributed by atoms with Crippen LogP contribution in [0.3, 0.4) is 0 Å². The van der Waals surface area contributed by atoms with Crippen molar-refractivity contribution in [1.82, 2.24) is 50.9 Å². The quantitative estimate of drug-likeness (QED) is 0.0237. The molecule has 3 fully saturated rings. The number of carboxylic acid groups (broad SMARTS) is 1. The molecule has 0 aliphatic carbocycles. The zero-order valence-corrected chi connectivity index (χ0v) is 44.8. The van der Waals surface area contributed by atoms with Crippen LogP contribution in [0.15, 0.2) is 96.4 Å². The van der Waals surface area contributed by atoms with Gasteiger partial charge in [-0.15, -0.1) is 0 Å². The Kier molecular flexibility index (Phi) is 18.0. The average Bonchev–Trinajstić information content (AvgIpc) is 4.54. The second-order valence-electron chi connectivity index (χ2n) is 21.1. The molecule has 428 valence electrons. The highest BCUT2D eigenvalue weighted by Crippen LogP contribution is 2.28. The van der Waals surface area contributed by atoms with Gasteiger partial charge in [0.25, 0.3) is 0 Å². The molecule has 3 aromatic heterocycles. The van der Waals surface area contributed by atoms with Gasteiger partial charge in [0.2, 0.25) is 41.4 Å². The van der Waals surface area contributed by atoms with Crippen LogP contribution in [0, 0.1) is 0 Å². The second kappa shape index (κ2) is 25.6. The maximum absolute atomic E-state index is 15.4. The van der Waals surface area contributed by atoms with E-state index >= 15 is 9.59 Å². The van der Waals surface area contributed by atoms with Crippen LogP contribution >= 0.6 is 0 Å². The van der Waals surface area contributed by atoms with Crippen LogP contribution in [0.1, 0.15) is 68.1 Å². The summed E-state index contributed by atoms with van der Waals surface area (Å²) in [5, 5.41) is 33.5. The van der Waals surface area contributed by atoms with Crippen molar-refractivity contribution in [3.63, 3.8) is 0 Å². The fourth-order valence-corrected chi connectivity index (χ4v) is 11.6. The number of nitrogens with one attached hydrogen (secondary N) is 7. The van der Waals surface area contributed by atoms with E-state index in [1.807, 2.05) is 72.8 Å². The number of carboxylic acids is 1. The van der Waals surface area contributed by atoms with Gasteiger partial charge in [0.15, 0.2) is 5.96 Å². The molecule has 0 saturated carbocycles. The number of aliphatic imine (C=N–C) groups is 1. The number of aromatic amines is 3. The summed E-state index contributed by atoms with van der Waals surface area (Å²) in [5.41, 5.74) is 21.2. The minimum atomic E-state index is -1.35. The van der Waals surface area contributed by atoms with Crippen molar-refractivity contribution in [2.45, 2.75) is 119 Å². The summed E-state index contributed by atoms with van der Waals surface area (Å²) in [5.74, 6) is -5.81. The third-order valence-electron chi connectivity index (χ3n) is 15.7. The molecule has 3 saturated heterocycles. The van der Waals surface area contributed by atoms with Gasteiger partial charge in [-0.2, -0.15) is 0 Å². The number of likely N-dealkylation sites (tertiary alicyclic amines) is 3. The number of hydrogen-bond donors (Lipinski definition) is 12. The van der Waals surface area contributed by atoms with Crippen molar-refractivity contribution in [3.8, 4) is 0 Å². The number of aromatic nitrogens is 3. The van der Waals surface area contributed by atoms with E-state index in [0.29, 0.717) is 42.4 Å². The molecule has 7 amide bonds. The number of guanidine groups is 1. The molecular weight excluding hydrogens is 1040 g/mol. The zero-order chi connectivity index (χ0) is 57.3. The summed E-state index contributed by atoms with van der Waals surface area (Å²) in [6.07, 6.45) is 7.53. The van der Waals surface area contributed by atoms with Crippen molar-refractivity contribution in [1.29, 1.82) is 0 Å². The van der Waals surface area contributed by atoms with Crippen molar-refractivity contribution >= 4 is 86.0 Å². The number of hydrogen-bond acceptors (Lipinski definition) is 11. The number of para-hydroxylation sites is 3. The van der Waals surface area contributed by atoms with E-state index < -0.39 is 102 Å². The first-order valence-electron chi connectivity index (χ1n) is 27.5. The van der Waals surface area contributed by atoms with Crippen molar-refractivity contribution in [3.05, 3.63) is 108 Å². The molecule has 81 heavy (non-hydrogen) atoms. The number of rotatable bonds is 23. The van der Waals surface area contributed by atoms with Gasteiger partial charge in [0.1, 0.15) is 48.3 Å². The van der Waals surface area contributed by atoms with Crippen LogP contribution in [-0.4, -0.2) is 174 Å². The van der Waals surface area contributed by atoms with Crippen molar-refractivity contribution < 1.29 is 48.6 Å². The number of fused-ring (bicyclic) bond motifs is 3. The molecule has 24 heteroatoms. The van der Waals surface area contributed by atoms with Crippen LogP contribution in [0.4, 0.5) is 0 Å². The Balaban J connectivity index is 0.984. The highest BCUT2D eigenvalue weighted by molar-refractivity contribution is 5.99. The molecule has 0 spiro atoms. The van der Waals surface area contributed by atoms with Gasteiger partial charge in [-0.1, -0.05) is 54.6 Å². The number of carbonyl (C=O) groups excluding carboxylic acids is 7. The lowest BCUT2D eigenvalue weighted by molar-refractivity contribution is -0.147. The van der Waals surface area contributed by atoms with Gasteiger partial charge in [0.05, 0.1) is 6.61 Å². The average molecular weight is 1110 g/mol. The van der Waals surface area contributed by atoms with Crippen LogP contribution in [0.2, 0.25) is 0 Å². The van der Waals surface area contributed by atoms with E-state index in [0.717, 1.165) is 32.7 Å². The van der Waals surface area contributed by atoms with E-state index in [2.05, 4.69) is 41.2 Å². The number of carbonyl (C=O) groups is 8. The monoisotopic (exact) mass is 1110 g/mol. The lowest BCUT2D eigenvalue weighted by Crippen LogP contribution is -2.60. The summed E-state index contributed by atoms with van der Waals surface area (Å²) in [6, 6.07) is 12.8. The first kappa shape index (κ1) is 56.9. The number of H-pyrrole nitrogens is 3. The topological polar surface area (TPSA) is 373 Å². The predicted octanol–water partition coefficient (Wildman–Crippen LogP) is 0.528. The van der Waals surface area contributed by atoms with Gasteiger partial charge in [-0.25, -0.2) is 4.79 Å². The van der Waals surface area contributed by atoms with E-state index in [9.17, 15) is 39.0 Å². The first-order chi connectivity index (χ1) is 39.1. The number of amides is 7. The molecule has 8 atom stereocenters. The SMILES string of the molecule is NC(N)=NCCCC(NC(=O)C(Cc1c[nH]c2ccccc12)NC(=O)C1CCCN1C(=O)C(Cc1c[nH]c2ccccc12)NC(=O)C(Cc1c[nH]c2ccccc12)NC(=O)C1CCCN1C(=O)C1CCCN1C(=O)C(N)CO)C(=O)O. The van der Waals surface area contributed by atoms with Crippen molar-refractivity contribution in [2.75, 3.05) is 32.8 Å². The molecule has 3 aliphatic heterocycles. The molecule has 24 nitrogen and oxygen atoms in total. The standard InChI is InChI=1S/C57H70N14O10/c58-38(31-72)53(77)71-24-10-20-48(71)55(79)70-23-9-19-47(70)52(76)67-44(26-33-29-63-40-15-5-2-12-36(33)40)50(74)68-45(27-34-30-64-41-16-6-3-13-37(34)41)54(78)69-22-8-18-46(69)51(75)66-43(25-32-28-62-39-14-4-1-11-35(32)39)49(73)65-42(56(80)81)17-7-21-61-57(59)60/h1-6,11-16,28-30,38,42-48,62-64,72H,7-10,17-27,31,58H2,(H,65,73)(H,66,75)(H,67,76)(H,68,74)(H,80,81)(H4,59,60,61). The molecule has 15 N–H and O–H groups in total. The van der Waals surface area contributed by atoms with E-state index in [4.69, 9.17) is 17.2 Å². The van der Waals surface area contributed by atoms with Gasteiger partial charge in [0, 0.05) is 96.7 Å². The fraction of sp³-hybridized carbons (Fsp3) is 0.421. The highest BCUT2D eigenvalue weighted by atomic mass is 16.4. The minimum absolute atomic E-state index is 0.0177. The van der Waals surface area contributed by atoms with Crippen LogP contribution in [0.5, 0.6) is 0 Å². The number of nitrogens with zero attached hydrogens (tertiary/aromatic N) is 4. The van der Waals surface area contributed by atoms with Crippen LogP contribution in [0.25, 0.3) is 32.7 Å². The number of nitrogens with two attached hydrogens (primary N) is 3. The third-order valence-corrected chi connectivity index (χ3v) is 15.7. The van der Waals surface area contributed by atoms with E-state index in [1.165, 1.54) is 14.7 Å². The Morgan fingerprint density at radius 2 is 0.988 bits per heavy atom. The first-order valence-corrected chi connectivity index (χ1v) is 27.5. The molecule has 3 aliphatic rings. The highest BCUT2D eigenvalue weighted by Gasteiger charge is 2.45. The number of aliphatic carboxylic acids is 1. The van der Waals surface area contributed by atoms with Crippen LogP contribution < -0.4 is 38.5 Å². The Bertz CT molecular complexity index is 3330. The molecule has 8 unspecified atom stereocenters. The summed E-state index contributed by atoms with van der Waals surface area (Å²) in [6.45, 7) is 0.144. The number of benzene rings is 3. The van der Waals surface area contributed by atoms with E-state index in [1.54, 1.807) is 18.6 Å². The molecule has 9 rings (SSSR count). The molecule has 0 bridgehead atoms. The Morgan fingerprint density at radius 3 is 1.46 bits per heavy atom. The van der Waals surface area contributed by atoms with Crippen LogP contribution in [-0.2, 0) is 57.6 Å². The summed E-state index contributed by atoms with van der Waals surface area (Å²) in [7, 11) is 0. The summed E-state index contributed by atoms with van der Waals surface area (Å²) < 4.78 is 0.